The Morgan fingerprint density at radius 1 is 1.31 bits per heavy atom. The van der Waals surface area contributed by atoms with Crippen molar-refractivity contribution in [3.8, 4) is 0 Å². The maximum atomic E-state index is 5.63. The molecule has 0 aliphatic rings. The molecule has 0 rings (SSSR count). The van der Waals surface area contributed by atoms with Gasteiger partial charge in [-0.1, -0.05) is 59.3 Å². The molecule has 0 fully saturated rings. The summed E-state index contributed by atoms with van der Waals surface area (Å²) < 4.78 is 0. The lowest BCUT2D eigenvalue weighted by atomic mass is 9.35. The van der Waals surface area contributed by atoms with Gasteiger partial charge in [-0.15, -0.1) is 6.58 Å². The normalized spacial score (nSPS) is 11.7. The summed E-state index contributed by atoms with van der Waals surface area (Å²) in [6.45, 7) is 20.7. The van der Waals surface area contributed by atoms with E-state index in [9.17, 15) is 0 Å². The molecule has 0 aromatic rings. The van der Waals surface area contributed by atoms with Crippen molar-refractivity contribution in [2.45, 2.75) is 47.3 Å². The highest BCUT2D eigenvalue weighted by Gasteiger charge is 2.29. The van der Waals surface area contributed by atoms with Gasteiger partial charge < -0.3 is 5.73 Å². The minimum Gasteiger partial charge on any atom is -0.327 e. The first kappa shape index (κ1) is 15.5. The van der Waals surface area contributed by atoms with Crippen molar-refractivity contribution in [2.75, 3.05) is 6.54 Å². The van der Waals surface area contributed by atoms with Gasteiger partial charge in [-0.2, -0.15) is 0 Å². The van der Waals surface area contributed by atoms with Crippen molar-refractivity contribution < 1.29 is 0 Å². The molecule has 0 aliphatic heterocycles. The first-order valence-corrected chi connectivity index (χ1v) is 6.33. The molecular formula is C14H28BN. The molecule has 0 unspecified atom stereocenters. The fourth-order valence-electron chi connectivity index (χ4n) is 1.80. The molecule has 1 nitrogen and oxygen atoms in total. The summed E-state index contributed by atoms with van der Waals surface area (Å²) in [6, 6.07) is 0. The number of hydrogen-bond donors (Lipinski definition) is 1. The maximum Gasteiger partial charge on any atom is 0.175 e. The van der Waals surface area contributed by atoms with Crippen molar-refractivity contribution in [3.63, 3.8) is 0 Å². The average molecular weight is 221 g/mol. The average Bonchev–Trinajstić information content (AvgIpc) is 2.23. The summed E-state index contributed by atoms with van der Waals surface area (Å²) in [4.78, 5) is 0. The van der Waals surface area contributed by atoms with Gasteiger partial charge in [0.15, 0.2) is 6.71 Å². The van der Waals surface area contributed by atoms with Crippen LogP contribution in [-0.2, 0) is 0 Å². The number of nitrogens with two attached hydrogens (primary N) is 1. The topological polar surface area (TPSA) is 26.0 Å². The molecule has 0 aliphatic carbocycles. The predicted octanol–water partition coefficient (Wildman–Crippen LogP) is 3.79. The fourth-order valence-corrected chi connectivity index (χ4v) is 1.80. The van der Waals surface area contributed by atoms with Crippen molar-refractivity contribution in [2.24, 2.45) is 17.1 Å². The summed E-state index contributed by atoms with van der Waals surface area (Å²) in [6.07, 6.45) is 2.28. The Bertz CT molecular complexity index is 253. The molecule has 0 aromatic heterocycles. The second-order valence-corrected chi connectivity index (χ2v) is 5.79. The zero-order valence-corrected chi connectivity index (χ0v) is 11.8. The number of hydrogen-bond acceptors (Lipinski definition) is 1. The Morgan fingerprint density at radius 2 is 1.81 bits per heavy atom. The van der Waals surface area contributed by atoms with Gasteiger partial charge in [0.2, 0.25) is 0 Å². The van der Waals surface area contributed by atoms with Crippen LogP contribution in [-0.4, -0.2) is 13.3 Å². The summed E-state index contributed by atoms with van der Waals surface area (Å²) in [5.41, 5.74) is 8.13. The van der Waals surface area contributed by atoms with Crippen LogP contribution in [0.4, 0.5) is 0 Å². The van der Waals surface area contributed by atoms with E-state index in [0.717, 1.165) is 17.4 Å². The fraction of sp³-hybridized carbons (Fsp3) is 0.714. The highest BCUT2D eigenvalue weighted by Crippen LogP contribution is 2.35. The molecule has 0 radical (unpaired) electrons. The molecule has 0 heterocycles. The van der Waals surface area contributed by atoms with Crippen LogP contribution >= 0.6 is 0 Å². The van der Waals surface area contributed by atoms with E-state index in [2.05, 4.69) is 47.8 Å². The zero-order valence-electron chi connectivity index (χ0n) is 11.8. The Labute approximate surface area is 102 Å². The molecule has 0 saturated heterocycles. The van der Waals surface area contributed by atoms with Crippen LogP contribution in [0.3, 0.4) is 0 Å². The van der Waals surface area contributed by atoms with E-state index < -0.39 is 0 Å². The minimum atomic E-state index is 0.346. The van der Waals surface area contributed by atoms with Gasteiger partial charge in [0.25, 0.3) is 0 Å². The lowest BCUT2D eigenvalue weighted by Crippen LogP contribution is -2.29. The molecule has 92 valence electrons. The minimum absolute atomic E-state index is 0.346. The van der Waals surface area contributed by atoms with Crippen LogP contribution in [0.15, 0.2) is 24.2 Å². The molecule has 0 amide bonds. The summed E-state index contributed by atoms with van der Waals surface area (Å²) in [5, 5.41) is 0. The van der Waals surface area contributed by atoms with Gasteiger partial charge >= 0.3 is 0 Å². The lowest BCUT2D eigenvalue weighted by Gasteiger charge is -2.33. The largest absolute Gasteiger partial charge is 0.327 e. The smallest absolute Gasteiger partial charge is 0.175 e. The van der Waals surface area contributed by atoms with Gasteiger partial charge in [-0.25, -0.2) is 0 Å². The second-order valence-electron chi connectivity index (χ2n) is 5.79. The Hall–Kier alpha value is -0.495. The van der Waals surface area contributed by atoms with Crippen LogP contribution < -0.4 is 5.73 Å². The molecule has 0 spiro atoms. The van der Waals surface area contributed by atoms with Crippen molar-refractivity contribution in [3.05, 3.63) is 24.2 Å². The Balaban J connectivity index is 4.65. The van der Waals surface area contributed by atoms with E-state index >= 15 is 0 Å². The van der Waals surface area contributed by atoms with Gasteiger partial charge in [0.05, 0.1) is 0 Å². The van der Waals surface area contributed by atoms with E-state index in [1.807, 2.05) is 0 Å². The van der Waals surface area contributed by atoms with E-state index in [1.165, 1.54) is 6.32 Å². The van der Waals surface area contributed by atoms with Crippen LogP contribution in [0.25, 0.3) is 0 Å². The zero-order chi connectivity index (χ0) is 12.9. The van der Waals surface area contributed by atoms with Crippen molar-refractivity contribution >= 4 is 6.71 Å². The monoisotopic (exact) mass is 221 g/mol. The quantitative estimate of drug-likeness (QED) is 0.513. The highest BCUT2D eigenvalue weighted by atomic mass is 14.5. The predicted molar refractivity (Wildman–Crippen MR) is 77.0 cm³/mol. The molecule has 2 N–H and O–H groups in total. The summed E-state index contributed by atoms with van der Waals surface area (Å²) >= 11 is 0. The third-order valence-corrected chi connectivity index (χ3v) is 4.02. The van der Waals surface area contributed by atoms with Gasteiger partial charge in [0.1, 0.15) is 0 Å². The van der Waals surface area contributed by atoms with Crippen LogP contribution in [0.5, 0.6) is 0 Å². The van der Waals surface area contributed by atoms with Crippen LogP contribution in [0, 0.1) is 11.3 Å². The summed E-state index contributed by atoms with van der Waals surface area (Å²) in [7, 11) is 0. The Morgan fingerprint density at radius 3 is 2.12 bits per heavy atom. The van der Waals surface area contributed by atoms with Gasteiger partial charge in [0, 0.05) is 6.54 Å². The first-order valence-electron chi connectivity index (χ1n) is 6.33. The van der Waals surface area contributed by atoms with E-state index in [4.69, 9.17) is 5.73 Å². The summed E-state index contributed by atoms with van der Waals surface area (Å²) in [5.74, 6) is 0.681. The third-order valence-electron chi connectivity index (χ3n) is 4.02. The molecule has 0 atom stereocenters. The molecule has 0 saturated carbocycles. The van der Waals surface area contributed by atoms with E-state index in [1.54, 1.807) is 0 Å². The van der Waals surface area contributed by atoms with Crippen LogP contribution in [0.1, 0.15) is 34.6 Å². The molecule has 16 heavy (non-hydrogen) atoms. The van der Waals surface area contributed by atoms with Crippen LogP contribution in [0.2, 0.25) is 12.6 Å². The van der Waals surface area contributed by atoms with Gasteiger partial charge in [-0.05, 0) is 16.9 Å². The van der Waals surface area contributed by atoms with E-state index in [-0.39, 0.29) is 0 Å². The van der Waals surface area contributed by atoms with E-state index in [0.29, 0.717) is 24.6 Å². The molecule has 0 bridgehead atoms. The molecule has 2 heteroatoms. The van der Waals surface area contributed by atoms with Crippen molar-refractivity contribution in [1.82, 2.24) is 0 Å². The number of rotatable bonds is 7. The molecular weight excluding hydrogens is 193 g/mol. The second kappa shape index (κ2) is 6.29. The van der Waals surface area contributed by atoms with Gasteiger partial charge in [-0.3, -0.25) is 0 Å². The van der Waals surface area contributed by atoms with Crippen molar-refractivity contribution in [1.29, 1.82) is 0 Å². The Kier molecular flexibility index (Phi) is 6.10. The highest BCUT2D eigenvalue weighted by molar-refractivity contribution is 6.67. The SMILES string of the molecule is C=C(CN)C(=C)B(CC)CC(C)(C)C(C)C. The standard InChI is InChI=1S/C14H28BN/c1-8-15(13(5)12(4)9-16)10-14(6,7)11(2)3/h11H,4-5,8-10,16H2,1-3,6-7H3. The molecule has 0 aromatic carbocycles. The third kappa shape index (κ3) is 4.17. The lowest BCUT2D eigenvalue weighted by molar-refractivity contribution is 0.281. The maximum absolute atomic E-state index is 5.63. The first-order chi connectivity index (χ1) is 7.26.